The average molecular weight is 475 g/mol. The molecule has 0 aliphatic rings. The molecule has 1 heterocycles. The lowest BCUT2D eigenvalue weighted by molar-refractivity contribution is 1.01. The summed E-state index contributed by atoms with van der Waals surface area (Å²) in [6, 6.07) is 50.1. The number of benzene rings is 6. The first-order chi connectivity index (χ1) is 18.3. The topological polar surface area (TPSA) is 8.17 Å². The van der Waals surface area contributed by atoms with Crippen molar-refractivity contribution >= 4 is 49.6 Å². The molecule has 0 radical (unpaired) electrons. The Bertz CT molecular complexity index is 1880. The zero-order chi connectivity index (χ0) is 24.8. The lowest BCUT2D eigenvalue weighted by atomic mass is 10.0. The van der Waals surface area contributed by atoms with Crippen LogP contribution in [0.2, 0.25) is 0 Å². The lowest BCUT2D eigenvalue weighted by Crippen LogP contribution is -2.09. The summed E-state index contributed by atoms with van der Waals surface area (Å²) < 4.78 is 2.28. The van der Waals surface area contributed by atoms with Crippen molar-refractivity contribution in [2.24, 2.45) is 7.05 Å². The highest BCUT2D eigenvalue weighted by Gasteiger charge is 2.14. The predicted molar refractivity (Wildman–Crippen MR) is 158 cm³/mol. The zero-order valence-electron chi connectivity index (χ0n) is 20.7. The fourth-order valence-corrected chi connectivity index (χ4v) is 5.49. The van der Waals surface area contributed by atoms with Crippen LogP contribution in [0.4, 0.5) is 17.1 Å². The van der Waals surface area contributed by atoms with E-state index in [0.29, 0.717) is 0 Å². The molecule has 6 aromatic carbocycles. The van der Waals surface area contributed by atoms with E-state index >= 15 is 0 Å². The minimum absolute atomic E-state index is 1.14. The molecule has 176 valence electrons. The second-order valence-corrected chi connectivity index (χ2v) is 9.56. The number of aromatic nitrogens is 1. The van der Waals surface area contributed by atoms with Crippen LogP contribution in [-0.4, -0.2) is 4.57 Å². The largest absolute Gasteiger partial charge is 0.344 e. The molecular formula is C35H26N2. The molecule has 2 heteroatoms. The Morgan fingerprint density at radius 2 is 1.05 bits per heavy atom. The van der Waals surface area contributed by atoms with Gasteiger partial charge in [-0.25, -0.2) is 0 Å². The van der Waals surface area contributed by atoms with Crippen molar-refractivity contribution in [1.29, 1.82) is 0 Å². The third-order valence-corrected chi connectivity index (χ3v) is 7.38. The Hall–Kier alpha value is -4.82. The fraction of sp³-hybridized carbons (Fsp3) is 0.0286. The molecule has 0 amide bonds. The summed E-state index contributed by atoms with van der Waals surface area (Å²) in [5, 5.41) is 5.08. The number of rotatable bonds is 4. The first kappa shape index (κ1) is 21.5. The molecule has 0 atom stereocenters. The van der Waals surface area contributed by atoms with Crippen molar-refractivity contribution in [3.05, 3.63) is 140 Å². The van der Waals surface area contributed by atoms with Crippen molar-refractivity contribution in [3.63, 3.8) is 0 Å². The Morgan fingerprint density at radius 3 is 1.89 bits per heavy atom. The van der Waals surface area contributed by atoms with Gasteiger partial charge in [0.15, 0.2) is 0 Å². The Balaban J connectivity index is 1.32. The van der Waals surface area contributed by atoms with E-state index in [0.717, 1.165) is 17.1 Å². The van der Waals surface area contributed by atoms with Crippen LogP contribution in [0.3, 0.4) is 0 Å². The summed E-state index contributed by atoms with van der Waals surface area (Å²) in [6.07, 6.45) is 0. The molecule has 7 aromatic rings. The Kier molecular flexibility index (Phi) is 5.04. The third-order valence-electron chi connectivity index (χ3n) is 7.38. The van der Waals surface area contributed by atoms with E-state index in [2.05, 4.69) is 156 Å². The fourth-order valence-electron chi connectivity index (χ4n) is 5.49. The van der Waals surface area contributed by atoms with E-state index in [-0.39, 0.29) is 0 Å². The van der Waals surface area contributed by atoms with Gasteiger partial charge in [-0.05, 0) is 76.5 Å². The molecule has 0 fully saturated rings. The molecular weight excluding hydrogens is 448 g/mol. The number of nitrogens with zero attached hydrogens (tertiary/aromatic N) is 2. The number of fused-ring (bicyclic) bond motifs is 4. The molecule has 0 unspecified atom stereocenters. The Morgan fingerprint density at radius 1 is 0.432 bits per heavy atom. The zero-order valence-corrected chi connectivity index (χ0v) is 20.7. The van der Waals surface area contributed by atoms with Crippen LogP contribution in [0, 0.1) is 0 Å². The predicted octanol–water partition coefficient (Wildman–Crippen LogP) is 9.62. The number of hydrogen-bond acceptors (Lipinski definition) is 1. The van der Waals surface area contributed by atoms with Gasteiger partial charge in [-0.1, -0.05) is 84.9 Å². The number of anilines is 3. The van der Waals surface area contributed by atoms with Crippen molar-refractivity contribution in [3.8, 4) is 11.1 Å². The van der Waals surface area contributed by atoms with Crippen LogP contribution >= 0.6 is 0 Å². The van der Waals surface area contributed by atoms with Gasteiger partial charge in [-0.3, -0.25) is 0 Å². The van der Waals surface area contributed by atoms with E-state index in [9.17, 15) is 0 Å². The van der Waals surface area contributed by atoms with Crippen molar-refractivity contribution in [2.75, 3.05) is 4.90 Å². The number of para-hydroxylation sites is 2. The minimum atomic E-state index is 1.14. The third kappa shape index (κ3) is 3.66. The average Bonchev–Trinajstić information content (AvgIpc) is 3.25. The molecule has 0 saturated carbocycles. The second kappa shape index (κ2) is 8.69. The SMILES string of the molecule is Cn1c2ccccc2c2cc(-c3ccc(N(c4ccccc4)c4ccc5ccccc5c4)cc3)ccc21. The highest BCUT2D eigenvalue weighted by Crippen LogP contribution is 2.37. The monoisotopic (exact) mass is 474 g/mol. The minimum Gasteiger partial charge on any atom is -0.344 e. The highest BCUT2D eigenvalue weighted by molar-refractivity contribution is 6.09. The summed E-state index contributed by atoms with van der Waals surface area (Å²) in [7, 11) is 2.14. The van der Waals surface area contributed by atoms with Crippen molar-refractivity contribution in [1.82, 2.24) is 4.57 Å². The molecule has 7 rings (SSSR count). The van der Waals surface area contributed by atoms with E-state index in [1.807, 2.05) is 0 Å². The lowest BCUT2D eigenvalue weighted by Gasteiger charge is -2.26. The molecule has 2 nitrogen and oxygen atoms in total. The summed E-state index contributed by atoms with van der Waals surface area (Å²) in [5.74, 6) is 0. The van der Waals surface area contributed by atoms with Gasteiger partial charge in [-0.15, -0.1) is 0 Å². The molecule has 0 aliphatic carbocycles. The van der Waals surface area contributed by atoms with Crippen LogP contribution in [0.5, 0.6) is 0 Å². The van der Waals surface area contributed by atoms with Gasteiger partial charge >= 0.3 is 0 Å². The maximum absolute atomic E-state index is 2.32. The standard InChI is InChI=1S/C35H26N2/c1-36-34-14-8-7-13-32(34)33-24-28(18-22-35(33)36)26-15-19-30(20-16-26)37(29-11-3-2-4-12-29)31-21-17-25-9-5-6-10-27(25)23-31/h2-24H,1H3. The first-order valence-corrected chi connectivity index (χ1v) is 12.7. The normalized spacial score (nSPS) is 11.4. The molecule has 0 N–H and O–H groups in total. The van der Waals surface area contributed by atoms with Gasteiger partial charge in [0.25, 0.3) is 0 Å². The number of hydrogen-bond donors (Lipinski definition) is 0. The summed E-state index contributed by atoms with van der Waals surface area (Å²) in [6.45, 7) is 0. The van der Waals surface area contributed by atoms with Gasteiger partial charge < -0.3 is 9.47 Å². The van der Waals surface area contributed by atoms with Crippen molar-refractivity contribution in [2.45, 2.75) is 0 Å². The van der Waals surface area contributed by atoms with Gasteiger partial charge in [-0.2, -0.15) is 0 Å². The van der Waals surface area contributed by atoms with Crippen LogP contribution in [0.1, 0.15) is 0 Å². The maximum atomic E-state index is 2.32. The molecule has 0 aliphatic heterocycles. The first-order valence-electron chi connectivity index (χ1n) is 12.7. The van der Waals surface area contributed by atoms with Crippen molar-refractivity contribution < 1.29 is 0 Å². The summed E-state index contributed by atoms with van der Waals surface area (Å²) in [5.41, 5.74) is 8.39. The van der Waals surface area contributed by atoms with E-state index in [1.165, 1.54) is 43.7 Å². The molecule has 37 heavy (non-hydrogen) atoms. The highest BCUT2D eigenvalue weighted by atomic mass is 15.1. The van der Waals surface area contributed by atoms with Gasteiger partial charge in [0.05, 0.1) is 0 Å². The molecule has 0 spiro atoms. The van der Waals surface area contributed by atoms with Gasteiger partial charge in [0.1, 0.15) is 0 Å². The molecule has 0 saturated heterocycles. The van der Waals surface area contributed by atoms with E-state index < -0.39 is 0 Å². The maximum Gasteiger partial charge on any atom is 0.0489 e. The van der Waals surface area contributed by atoms with Crippen LogP contribution in [0.25, 0.3) is 43.7 Å². The molecule has 1 aromatic heterocycles. The van der Waals surface area contributed by atoms with Crippen LogP contribution < -0.4 is 4.90 Å². The smallest absolute Gasteiger partial charge is 0.0489 e. The second-order valence-electron chi connectivity index (χ2n) is 9.56. The number of aryl methyl sites for hydroxylation is 1. The van der Waals surface area contributed by atoms with E-state index in [1.54, 1.807) is 0 Å². The van der Waals surface area contributed by atoms with Crippen LogP contribution in [-0.2, 0) is 7.05 Å². The van der Waals surface area contributed by atoms with Crippen LogP contribution in [0.15, 0.2) is 140 Å². The molecule has 0 bridgehead atoms. The van der Waals surface area contributed by atoms with Gasteiger partial charge in [0, 0.05) is 45.9 Å². The summed E-state index contributed by atoms with van der Waals surface area (Å²) >= 11 is 0. The summed E-state index contributed by atoms with van der Waals surface area (Å²) in [4.78, 5) is 2.32. The Labute approximate surface area is 216 Å². The quantitative estimate of drug-likeness (QED) is 0.246. The van der Waals surface area contributed by atoms with Gasteiger partial charge in [0.2, 0.25) is 0 Å². The van der Waals surface area contributed by atoms with E-state index in [4.69, 9.17) is 0 Å².